The van der Waals surface area contributed by atoms with Crippen molar-refractivity contribution in [3.05, 3.63) is 53.3 Å². The number of thiazole rings is 1. The second-order valence-corrected chi connectivity index (χ2v) is 10.1. The molecule has 1 aromatic carbocycles. The molecule has 0 radical (unpaired) electrons. The Balaban J connectivity index is 1.48. The van der Waals surface area contributed by atoms with Gasteiger partial charge in [-0.15, -0.1) is 6.42 Å². The predicted molar refractivity (Wildman–Crippen MR) is 133 cm³/mol. The number of hydrogen-bond acceptors (Lipinski definition) is 5. The standard InChI is InChI=1S/C26H27N5OS/c1-5-19-7-6-8-20(15-19)22-23(21-13-17(2)27-18(3)14-21)33-24(28-22)29-25(32)31-12-10-26(16-31)9-11-30(26)4/h1,6-8,13-15H,9-12,16H2,2-4H3,(H,28,29,32). The monoisotopic (exact) mass is 457 g/mol. The second-order valence-electron chi connectivity index (χ2n) is 9.06. The maximum atomic E-state index is 13.1. The Morgan fingerprint density at radius 2 is 1.88 bits per heavy atom. The molecule has 1 unspecified atom stereocenters. The lowest BCUT2D eigenvalue weighted by atomic mass is 9.85. The molecule has 1 spiro atoms. The summed E-state index contributed by atoms with van der Waals surface area (Å²) in [6, 6.07) is 11.8. The maximum Gasteiger partial charge on any atom is 0.323 e. The molecular weight excluding hydrogens is 430 g/mol. The van der Waals surface area contributed by atoms with Gasteiger partial charge in [-0.05, 0) is 63.6 Å². The number of rotatable bonds is 3. The van der Waals surface area contributed by atoms with Crippen LogP contribution in [0.25, 0.3) is 21.7 Å². The van der Waals surface area contributed by atoms with Crippen molar-refractivity contribution in [1.29, 1.82) is 0 Å². The van der Waals surface area contributed by atoms with Crippen LogP contribution in [-0.4, -0.2) is 58.0 Å². The predicted octanol–water partition coefficient (Wildman–Crippen LogP) is 4.78. The Kier molecular flexibility index (Phi) is 5.43. The first-order valence-corrected chi connectivity index (χ1v) is 12.0. The normalized spacial score (nSPS) is 20.0. The third kappa shape index (κ3) is 4.01. The summed E-state index contributed by atoms with van der Waals surface area (Å²) >= 11 is 1.49. The summed E-state index contributed by atoms with van der Waals surface area (Å²) in [7, 11) is 2.15. The number of amides is 2. The molecule has 0 bridgehead atoms. The fourth-order valence-electron chi connectivity index (χ4n) is 4.85. The van der Waals surface area contributed by atoms with Crippen molar-refractivity contribution in [2.45, 2.75) is 32.2 Å². The van der Waals surface area contributed by atoms with Crippen molar-refractivity contribution in [3.63, 3.8) is 0 Å². The highest BCUT2D eigenvalue weighted by Crippen LogP contribution is 2.41. The van der Waals surface area contributed by atoms with E-state index in [1.807, 2.05) is 43.0 Å². The van der Waals surface area contributed by atoms with Crippen LogP contribution >= 0.6 is 11.3 Å². The molecule has 168 valence electrons. The van der Waals surface area contributed by atoms with Crippen LogP contribution in [0.5, 0.6) is 0 Å². The topological polar surface area (TPSA) is 61.4 Å². The highest BCUT2D eigenvalue weighted by molar-refractivity contribution is 7.19. The van der Waals surface area contributed by atoms with Gasteiger partial charge in [-0.1, -0.05) is 29.4 Å². The molecular formula is C26H27N5OS. The lowest BCUT2D eigenvalue weighted by Gasteiger charge is -2.48. The fourth-order valence-corrected chi connectivity index (χ4v) is 5.82. The molecule has 2 saturated heterocycles. The van der Waals surface area contributed by atoms with Crippen molar-refractivity contribution in [2.24, 2.45) is 0 Å². The van der Waals surface area contributed by atoms with E-state index in [-0.39, 0.29) is 11.6 Å². The largest absolute Gasteiger partial charge is 0.323 e. The molecule has 2 aliphatic heterocycles. The molecule has 5 rings (SSSR count). The number of benzene rings is 1. The summed E-state index contributed by atoms with van der Waals surface area (Å²) in [6.45, 7) is 6.62. The molecule has 1 N–H and O–H groups in total. The third-order valence-corrected chi connectivity index (χ3v) is 7.85. The zero-order chi connectivity index (χ0) is 23.2. The molecule has 2 aromatic heterocycles. The van der Waals surface area contributed by atoms with Gasteiger partial charge in [0.15, 0.2) is 5.13 Å². The molecule has 6 nitrogen and oxygen atoms in total. The molecule has 2 amide bonds. The van der Waals surface area contributed by atoms with Gasteiger partial charge >= 0.3 is 6.03 Å². The molecule has 0 aliphatic carbocycles. The highest BCUT2D eigenvalue weighted by atomic mass is 32.1. The summed E-state index contributed by atoms with van der Waals surface area (Å²) in [5.74, 6) is 2.70. The van der Waals surface area contributed by atoms with E-state index in [0.29, 0.717) is 5.13 Å². The van der Waals surface area contributed by atoms with Crippen molar-refractivity contribution in [1.82, 2.24) is 19.8 Å². The fraction of sp³-hybridized carbons (Fsp3) is 0.346. The van der Waals surface area contributed by atoms with Crippen molar-refractivity contribution in [2.75, 3.05) is 32.0 Å². The number of nitrogens with zero attached hydrogens (tertiary/aromatic N) is 4. The van der Waals surface area contributed by atoms with Crippen LogP contribution in [0.2, 0.25) is 0 Å². The minimum atomic E-state index is -0.0847. The number of aromatic nitrogens is 2. The number of urea groups is 1. The minimum Gasteiger partial charge on any atom is -0.323 e. The Bertz CT molecular complexity index is 1260. The Morgan fingerprint density at radius 1 is 1.12 bits per heavy atom. The number of likely N-dealkylation sites (tertiary alicyclic amines) is 2. The van der Waals surface area contributed by atoms with Crippen LogP contribution < -0.4 is 5.32 Å². The van der Waals surface area contributed by atoms with Gasteiger partial charge in [0.2, 0.25) is 0 Å². The van der Waals surface area contributed by atoms with Gasteiger partial charge in [-0.2, -0.15) is 0 Å². The summed E-state index contributed by atoms with van der Waals surface area (Å²) < 4.78 is 0. The van der Waals surface area contributed by atoms with E-state index >= 15 is 0 Å². The van der Waals surface area contributed by atoms with Crippen LogP contribution in [0.4, 0.5) is 9.93 Å². The van der Waals surface area contributed by atoms with Gasteiger partial charge < -0.3 is 4.90 Å². The average molecular weight is 458 g/mol. The summed E-state index contributed by atoms with van der Waals surface area (Å²) in [6.07, 6.45) is 7.82. The number of nitrogens with one attached hydrogen (secondary N) is 1. The van der Waals surface area contributed by atoms with E-state index in [0.717, 1.165) is 71.1 Å². The molecule has 33 heavy (non-hydrogen) atoms. The molecule has 7 heteroatoms. The second kappa shape index (κ2) is 8.29. The van der Waals surface area contributed by atoms with Crippen molar-refractivity contribution >= 4 is 22.5 Å². The number of anilines is 1. The zero-order valence-electron chi connectivity index (χ0n) is 19.2. The van der Waals surface area contributed by atoms with Crippen molar-refractivity contribution < 1.29 is 4.79 Å². The van der Waals surface area contributed by atoms with Crippen LogP contribution in [0, 0.1) is 26.2 Å². The van der Waals surface area contributed by atoms with Crippen LogP contribution in [-0.2, 0) is 0 Å². The van der Waals surface area contributed by atoms with Gasteiger partial charge in [0.1, 0.15) is 0 Å². The van der Waals surface area contributed by atoms with Gasteiger partial charge in [0.05, 0.1) is 10.6 Å². The number of pyridine rings is 1. The molecule has 0 saturated carbocycles. The molecule has 1 atom stereocenters. The molecule has 2 fully saturated rings. The van der Waals surface area contributed by atoms with Gasteiger partial charge in [-0.3, -0.25) is 15.2 Å². The number of carbonyl (C=O) groups is 1. The van der Waals surface area contributed by atoms with E-state index in [2.05, 4.69) is 40.3 Å². The first kappa shape index (κ1) is 21.6. The zero-order valence-corrected chi connectivity index (χ0v) is 20.0. The minimum absolute atomic E-state index is 0.0847. The number of aryl methyl sites for hydroxylation is 2. The van der Waals surface area contributed by atoms with Gasteiger partial charge in [0, 0.05) is 47.7 Å². The van der Waals surface area contributed by atoms with Crippen LogP contribution in [0.1, 0.15) is 29.8 Å². The highest BCUT2D eigenvalue weighted by Gasteiger charge is 2.48. The smallest absolute Gasteiger partial charge is 0.323 e. The number of hydrogen-bond donors (Lipinski definition) is 1. The number of likely N-dealkylation sites (N-methyl/N-ethyl adjacent to an activating group) is 1. The maximum absolute atomic E-state index is 13.1. The Hall–Kier alpha value is -3.21. The summed E-state index contributed by atoms with van der Waals surface area (Å²) in [5, 5.41) is 3.65. The van der Waals surface area contributed by atoms with E-state index in [4.69, 9.17) is 11.4 Å². The van der Waals surface area contributed by atoms with E-state index in [9.17, 15) is 4.79 Å². The first-order chi connectivity index (χ1) is 15.9. The molecule has 4 heterocycles. The summed E-state index contributed by atoms with van der Waals surface area (Å²) in [5.41, 5.74) is 5.63. The molecule has 2 aliphatic rings. The van der Waals surface area contributed by atoms with Crippen LogP contribution in [0.15, 0.2) is 36.4 Å². The lowest BCUT2D eigenvalue weighted by Crippen LogP contribution is -2.59. The summed E-state index contributed by atoms with van der Waals surface area (Å²) in [4.78, 5) is 27.7. The van der Waals surface area contributed by atoms with E-state index in [1.54, 1.807) is 0 Å². The third-order valence-electron chi connectivity index (χ3n) is 6.83. The van der Waals surface area contributed by atoms with E-state index in [1.165, 1.54) is 11.3 Å². The quantitative estimate of drug-likeness (QED) is 0.575. The van der Waals surface area contributed by atoms with E-state index < -0.39 is 0 Å². The van der Waals surface area contributed by atoms with Crippen molar-refractivity contribution in [3.8, 4) is 34.0 Å². The number of terminal acetylenes is 1. The Morgan fingerprint density at radius 3 is 2.52 bits per heavy atom. The van der Waals surface area contributed by atoms with Gasteiger partial charge in [-0.25, -0.2) is 9.78 Å². The van der Waals surface area contributed by atoms with Crippen LogP contribution in [0.3, 0.4) is 0 Å². The lowest BCUT2D eigenvalue weighted by molar-refractivity contribution is 0.0227. The molecule has 3 aromatic rings. The SMILES string of the molecule is C#Cc1cccc(-c2nc(NC(=O)N3CCC4(CCN4C)C3)sc2-c2cc(C)nc(C)c2)c1. The number of carbonyl (C=O) groups excluding carboxylic acids is 1. The Labute approximate surface area is 198 Å². The van der Waals surface area contributed by atoms with Gasteiger partial charge in [0.25, 0.3) is 0 Å². The average Bonchev–Trinajstić information content (AvgIpc) is 3.44. The first-order valence-electron chi connectivity index (χ1n) is 11.2.